The number of amides is 1. The Balaban J connectivity index is 2.28. The number of alkyl halides is 3. The Labute approximate surface area is 102 Å². The van der Waals surface area contributed by atoms with Gasteiger partial charge in [0, 0.05) is 12.8 Å². The summed E-state index contributed by atoms with van der Waals surface area (Å²) in [6.45, 7) is 0. The van der Waals surface area contributed by atoms with E-state index in [9.17, 15) is 23.1 Å². The average Bonchev–Trinajstić information content (AvgIpc) is 2.27. The van der Waals surface area contributed by atoms with E-state index in [0.717, 1.165) is 0 Å². The number of hydrogen-bond acceptors (Lipinski definition) is 2. The van der Waals surface area contributed by atoms with Crippen LogP contribution in [0.15, 0.2) is 30.3 Å². The molecule has 0 spiro atoms. The third kappa shape index (κ3) is 2.33. The summed E-state index contributed by atoms with van der Waals surface area (Å²) in [4.78, 5) is 11.3. The van der Waals surface area contributed by atoms with Gasteiger partial charge < -0.3 is 10.4 Å². The van der Waals surface area contributed by atoms with Gasteiger partial charge in [-0.15, -0.1) is 0 Å². The van der Waals surface area contributed by atoms with E-state index in [-0.39, 0.29) is 6.42 Å². The Morgan fingerprint density at radius 3 is 2.44 bits per heavy atom. The molecule has 1 aliphatic heterocycles. The fraction of sp³-hybridized carbons (Fsp3) is 0.417. The second-order valence-electron chi connectivity index (χ2n) is 4.42. The Morgan fingerprint density at radius 2 is 1.89 bits per heavy atom. The number of benzene rings is 1. The predicted molar refractivity (Wildman–Crippen MR) is 57.6 cm³/mol. The lowest BCUT2D eigenvalue weighted by atomic mass is 9.84. The van der Waals surface area contributed by atoms with Gasteiger partial charge in [-0.3, -0.25) is 4.79 Å². The quantitative estimate of drug-likeness (QED) is 0.809. The molecule has 0 radical (unpaired) electrons. The van der Waals surface area contributed by atoms with Crippen molar-refractivity contribution in [1.82, 2.24) is 5.32 Å². The predicted octanol–water partition coefficient (Wildman–Crippen LogP) is 1.93. The molecule has 1 saturated heterocycles. The fourth-order valence-corrected chi connectivity index (χ4v) is 2.13. The van der Waals surface area contributed by atoms with Crippen molar-refractivity contribution in [3.8, 4) is 0 Å². The molecule has 18 heavy (non-hydrogen) atoms. The highest BCUT2D eigenvalue weighted by atomic mass is 19.4. The highest BCUT2D eigenvalue weighted by molar-refractivity contribution is 5.78. The molecular formula is C12H12F3NO2. The van der Waals surface area contributed by atoms with Gasteiger partial charge in [0.15, 0.2) is 0 Å². The van der Waals surface area contributed by atoms with E-state index in [0.29, 0.717) is 5.56 Å². The van der Waals surface area contributed by atoms with Crippen molar-refractivity contribution in [2.75, 3.05) is 0 Å². The molecule has 6 heteroatoms. The largest absolute Gasteiger partial charge is 0.436 e. The van der Waals surface area contributed by atoms with Gasteiger partial charge in [0.05, 0.1) is 0 Å². The molecule has 0 aliphatic carbocycles. The Kier molecular flexibility index (Phi) is 3.06. The highest BCUT2D eigenvalue weighted by Gasteiger charge is 2.57. The summed E-state index contributed by atoms with van der Waals surface area (Å²) in [5.41, 5.74) is -2.52. The van der Waals surface area contributed by atoms with Crippen LogP contribution in [0.3, 0.4) is 0 Å². The normalized spacial score (nSPS) is 28.9. The molecule has 1 aromatic carbocycles. The van der Waals surface area contributed by atoms with Crippen LogP contribution in [0.2, 0.25) is 0 Å². The van der Waals surface area contributed by atoms with Gasteiger partial charge in [0.25, 0.3) is 0 Å². The SMILES string of the molecule is O=C1C[C@H](c2ccccc2)C[C@](O)(C(F)(F)F)N1. The van der Waals surface area contributed by atoms with Crippen molar-refractivity contribution < 1.29 is 23.1 Å². The summed E-state index contributed by atoms with van der Waals surface area (Å²) >= 11 is 0. The molecule has 98 valence electrons. The van der Waals surface area contributed by atoms with Gasteiger partial charge >= 0.3 is 6.18 Å². The van der Waals surface area contributed by atoms with E-state index in [1.54, 1.807) is 35.6 Å². The van der Waals surface area contributed by atoms with E-state index in [1.165, 1.54) is 0 Å². The average molecular weight is 259 g/mol. The number of piperidine rings is 1. The first-order chi connectivity index (χ1) is 8.32. The van der Waals surface area contributed by atoms with Crippen molar-refractivity contribution in [1.29, 1.82) is 0 Å². The van der Waals surface area contributed by atoms with E-state index in [1.807, 2.05) is 0 Å². The summed E-state index contributed by atoms with van der Waals surface area (Å²) in [6, 6.07) is 8.42. The van der Waals surface area contributed by atoms with Crippen LogP contribution >= 0.6 is 0 Å². The number of aliphatic hydroxyl groups is 1. The Bertz CT molecular complexity index is 446. The molecule has 1 aliphatic rings. The first-order valence-electron chi connectivity index (χ1n) is 5.47. The third-order valence-electron chi connectivity index (χ3n) is 3.06. The monoisotopic (exact) mass is 259 g/mol. The van der Waals surface area contributed by atoms with Gasteiger partial charge in [-0.05, 0) is 11.5 Å². The highest BCUT2D eigenvalue weighted by Crippen LogP contribution is 2.40. The van der Waals surface area contributed by atoms with Gasteiger partial charge in [-0.2, -0.15) is 13.2 Å². The second-order valence-corrected chi connectivity index (χ2v) is 4.42. The zero-order valence-corrected chi connectivity index (χ0v) is 9.37. The third-order valence-corrected chi connectivity index (χ3v) is 3.06. The lowest BCUT2D eigenvalue weighted by Gasteiger charge is -2.38. The van der Waals surface area contributed by atoms with Crippen LogP contribution in [-0.4, -0.2) is 22.9 Å². The molecule has 3 nitrogen and oxygen atoms in total. The maximum Gasteiger partial charge on any atom is 0.436 e. The van der Waals surface area contributed by atoms with Gasteiger partial charge in [-0.25, -0.2) is 0 Å². The maximum absolute atomic E-state index is 12.7. The van der Waals surface area contributed by atoms with Crippen LogP contribution in [-0.2, 0) is 4.79 Å². The topological polar surface area (TPSA) is 49.3 Å². The van der Waals surface area contributed by atoms with Crippen molar-refractivity contribution in [3.63, 3.8) is 0 Å². The van der Waals surface area contributed by atoms with E-state index in [2.05, 4.69) is 0 Å². The lowest BCUT2D eigenvalue weighted by molar-refractivity contribution is -0.278. The molecule has 1 aromatic rings. The molecule has 0 aromatic heterocycles. The second kappa shape index (κ2) is 4.28. The summed E-state index contributed by atoms with van der Waals surface area (Å²) in [6.07, 6.45) is -5.50. The first kappa shape index (κ1) is 12.9. The molecule has 0 saturated carbocycles. The molecule has 2 rings (SSSR count). The standard InChI is InChI=1S/C12H12F3NO2/c13-12(14,15)11(18)7-9(6-10(17)16-11)8-4-2-1-3-5-8/h1-5,9,18H,6-7H2,(H,16,17)/t9-,11-/m0/s1. The van der Waals surface area contributed by atoms with Crippen molar-refractivity contribution in [2.24, 2.45) is 0 Å². The number of halogens is 3. The number of rotatable bonds is 1. The molecular weight excluding hydrogens is 247 g/mol. The fourth-order valence-electron chi connectivity index (χ4n) is 2.13. The minimum atomic E-state index is -4.88. The van der Waals surface area contributed by atoms with E-state index >= 15 is 0 Å². The number of carbonyl (C=O) groups is 1. The summed E-state index contributed by atoms with van der Waals surface area (Å²) in [7, 11) is 0. The van der Waals surface area contributed by atoms with Crippen LogP contribution in [0.1, 0.15) is 24.3 Å². The molecule has 2 atom stereocenters. The van der Waals surface area contributed by atoms with Crippen molar-refractivity contribution >= 4 is 5.91 Å². The van der Waals surface area contributed by atoms with Gasteiger partial charge in [0.1, 0.15) is 0 Å². The summed E-state index contributed by atoms with van der Waals surface area (Å²) in [5, 5.41) is 11.2. The van der Waals surface area contributed by atoms with Crippen LogP contribution in [0, 0.1) is 0 Å². The zero-order chi connectivity index (χ0) is 13.4. The molecule has 1 heterocycles. The number of hydrogen-bond donors (Lipinski definition) is 2. The molecule has 1 fully saturated rings. The summed E-state index contributed by atoms with van der Waals surface area (Å²) < 4.78 is 38.2. The molecule has 0 bridgehead atoms. The van der Waals surface area contributed by atoms with Gasteiger partial charge in [0.2, 0.25) is 11.6 Å². The molecule has 0 unspecified atom stereocenters. The van der Waals surface area contributed by atoms with Crippen LogP contribution in [0.5, 0.6) is 0 Å². The smallest absolute Gasteiger partial charge is 0.363 e. The van der Waals surface area contributed by atoms with Crippen LogP contribution in [0.4, 0.5) is 13.2 Å². The lowest BCUT2D eigenvalue weighted by Crippen LogP contribution is -2.62. The summed E-state index contributed by atoms with van der Waals surface area (Å²) in [5.74, 6) is -1.43. The minimum Gasteiger partial charge on any atom is -0.363 e. The maximum atomic E-state index is 12.7. The van der Waals surface area contributed by atoms with E-state index in [4.69, 9.17) is 0 Å². The van der Waals surface area contributed by atoms with Crippen LogP contribution < -0.4 is 5.32 Å². The Hall–Kier alpha value is -1.56. The minimum absolute atomic E-state index is 0.0532. The first-order valence-corrected chi connectivity index (χ1v) is 5.47. The van der Waals surface area contributed by atoms with Gasteiger partial charge in [-0.1, -0.05) is 30.3 Å². The molecule has 1 amide bonds. The van der Waals surface area contributed by atoms with Crippen molar-refractivity contribution in [2.45, 2.75) is 30.7 Å². The zero-order valence-electron chi connectivity index (χ0n) is 9.37. The van der Waals surface area contributed by atoms with Crippen LogP contribution in [0.25, 0.3) is 0 Å². The Morgan fingerprint density at radius 1 is 1.28 bits per heavy atom. The number of nitrogens with one attached hydrogen (secondary N) is 1. The van der Waals surface area contributed by atoms with Crippen molar-refractivity contribution in [3.05, 3.63) is 35.9 Å². The molecule has 2 N–H and O–H groups in total. The van der Waals surface area contributed by atoms with E-state index < -0.39 is 30.1 Å². The number of carbonyl (C=O) groups excluding carboxylic acids is 1.